The first-order valence-corrected chi connectivity index (χ1v) is 10.0. The fourth-order valence-electron chi connectivity index (χ4n) is 3.83. The Morgan fingerprint density at radius 3 is 2.40 bits per heavy atom. The lowest BCUT2D eigenvalue weighted by Crippen LogP contribution is -2.00. The zero-order chi connectivity index (χ0) is 20.4. The van der Waals surface area contributed by atoms with Crippen molar-refractivity contribution in [1.29, 1.82) is 0 Å². The Morgan fingerprint density at radius 1 is 0.867 bits per heavy atom. The first kappa shape index (κ1) is 17.2. The van der Waals surface area contributed by atoms with Crippen LogP contribution in [0.5, 0.6) is 0 Å². The Bertz CT molecular complexity index is 1480. The first-order valence-electron chi connectivity index (χ1n) is 9.20. The van der Waals surface area contributed by atoms with Gasteiger partial charge in [0.2, 0.25) is 5.13 Å². The summed E-state index contributed by atoms with van der Waals surface area (Å²) >= 11 is 1.30. The van der Waals surface area contributed by atoms with Gasteiger partial charge in [-0.05, 0) is 42.5 Å². The fraction of sp³-hybridized carbons (Fsp3) is 0. The number of ketones is 1. The van der Waals surface area contributed by atoms with Crippen LogP contribution < -0.4 is 0 Å². The SMILES string of the molecule is O=C1c2ccccc2-c2c1c(-c1ccc(F)cc1)nn2-c1nc2ccc(F)cc2s1. The van der Waals surface area contributed by atoms with Gasteiger partial charge in [0, 0.05) is 16.7 Å². The Labute approximate surface area is 173 Å². The van der Waals surface area contributed by atoms with Gasteiger partial charge in [0.25, 0.3) is 0 Å². The van der Waals surface area contributed by atoms with Crippen molar-refractivity contribution < 1.29 is 13.6 Å². The molecule has 0 unspecified atom stereocenters. The molecule has 0 saturated carbocycles. The zero-order valence-electron chi connectivity index (χ0n) is 15.3. The number of fused-ring (bicyclic) bond motifs is 4. The molecule has 3 aromatic carbocycles. The molecule has 30 heavy (non-hydrogen) atoms. The summed E-state index contributed by atoms with van der Waals surface area (Å²) in [5.41, 5.74) is 4.23. The van der Waals surface area contributed by atoms with Gasteiger partial charge in [0.1, 0.15) is 17.3 Å². The van der Waals surface area contributed by atoms with Gasteiger partial charge in [-0.1, -0.05) is 35.6 Å². The molecule has 2 aromatic heterocycles. The molecular weight excluding hydrogens is 404 g/mol. The van der Waals surface area contributed by atoms with E-state index < -0.39 is 0 Å². The lowest BCUT2D eigenvalue weighted by molar-refractivity contribution is 0.104. The number of hydrogen-bond donors (Lipinski definition) is 0. The summed E-state index contributed by atoms with van der Waals surface area (Å²) in [5.74, 6) is -0.827. The molecule has 1 aliphatic carbocycles. The maximum atomic E-state index is 13.7. The highest BCUT2D eigenvalue weighted by Crippen LogP contribution is 2.43. The lowest BCUT2D eigenvalue weighted by atomic mass is 10.0. The van der Waals surface area contributed by atoms with Crippen molar-refractivity contribution in [3.05, 3.63) is 89.5 Å². The van der Waals surface area contributed by atoms with Crippen molar-refractivity contribution in [3.8, 4) is 27.6 Å². The van der Waals surface area contributed by atoms with Gasteiger partial charge in [-0.3, -0.25) is 4.79 Å². The summed E-state index contributed by atoms with van der Waals surface area (Å²) in [6.07, 6.45) is 0. The molecule has 0 amide bonds. The number of hydrogen-bond acceptors (Lipinski definition) is 4. The van der Waals surface area contributed by atoms with Gasteiger partial charge in [-0.2, -0.15) is 5.10 Å². The quantitative estimate of drug-likeness (QED) is 0.368. The Balaban J connectivity index is 1.66. The normalized spacial score (nSPS) is 12.4. The van der Waals surface area contributed by atoms with E-state index >= 15 is 0 Å². The predicted molar refractivity (Wildman–Crippen MR) is 111 cm³/mol. The van der Waals surface area contributed by atoms with E-state index in [1.54, 1.807) is 28.9 Å². The number of halogens is 2. The van der Waals surface area contributed by atoms with Gasteiger partial charge in [-0.25, -0.2) is 18.4 Å². The second-order valence-corrected chi connectivity index (χ2v) is 7.98. The zero-order valence-corrected chi connectivity index (χ0v) is 16.1. The molecule has 1 aliphatic rings. The minimum absolute atomic E-state index is 0.127. The van der Waals surface area contributed by atoms with E-state index in [1.165, 1.54) is 35.6 Å². The van der Waals surface area contributed by atoms with E-state index in [-0.39, 0.29) is 17.4 Å². The molecule has 7 heteroatoms. The smallest absolute Gasteiger partial charge is 0.212 e. The third-order valence-electron chi connectivity index (χ3n) is 5.18. The molecule has 144 valence electrons. The maximum Gasteiger partial charge on any atom is 0.212 e. The van der Waals surface area contributed by atoms with E-state index in [4.69, 9.17) is 5.10 Å². The largest absolute Gasteiger partial charge is 0.288 e. The summed E-state index contributed by atoms with van der Waals surface area (Å²) < 4.78 is 29.4. The second-order valence-electron chi connectivity index (χ2n) is 6.97. The number of aromatic nitrogens is 3. The van der Waals surface area contributed by atoms with Crippen molar-refractivity contribution in [3.63, 3.8) is 0 Å². The monoisotopic (exact) mass is 415 g/mol. The maximum absolute atomic E-state index is 13.7. The second kappa shape index (κ2) is 6.14. The molecule has 0 aliphatic heterocycles. The van der Waals surface area contributed by atoms with Crippen LogP contribution >= 0.6 is 11.3 Å². The van der Waals surface area contributed by atoms with Gasteiger partial charge >= 0.3 is 0 Å². The Hall–Kier alpha value is -3.71. The van der Waals surface area contributed by atoms with Crippen molar-refractivity contribution in [2.24, 2.45) is 0 Å². The average molecular weight is 415 g/mol. The van der Waals surface area contributed by atoms with Crippen molar-refractivity contribution in [1.82, 2.24) is 14.8 Å². The van der Waals surface area contributed by atoms with Gasteiger partial charge in [0.05, 0.1) is 21.5 Å². The minimum atomic E-state index is -0.363. The van der Waals surface area contributed by atoms with Crippen LogP contribution in [0.2, 0.25) is 0 Å². The third kappa shape index (κ3) is 2.39. The highest BCUT2D eigenvalue weighted by molar-refractivity contribution is 7.20. The van der Waals surface area contributed by atoms with Crippen LogP contribution in [0.1, 0.15) is 15.9 Å². The van der Waals surface area contributed by atoms with E-state index in [1.807, 2.05) is 18.2 Å². The molecule has 0 radical (unpaired) electrons. The first-order chi connectivity index (χ1) is 14.6. The molecule has 0 fully saturated rings. The third-order valence-corrected chi connectivity index (χ3v) is 6.17. The van der Waals surface area contributed by atoms with E-state index in [0.717, 1.165) is 5.56 Å². The lowest BCUT2D eigenvalue weighted by Gasteiger charge is -2.03. The van der Waals surface area contributed by atoms with E-state index in [2.05, 4.69) is 4.98 Å². The van der Waals surface area contributed by atoms with Gasteiger partial charge in [-0.15, -0.1) is 0 Å². The molecule has 5 aromatic rings. The highest BCUT2D eigenvalue weighted by atomic mass is 32.1. The number of carbonyl (C=O) groups is 1. The summed E-state index contributed by atoms with van der Waals surface area (Å²) in [7, 11) is 0. The number of benzene rings is 3. The van der Waals surface area contributed by atoms with Gasteiger partial charge in [0.15, 0.2) is 5.78 Å². The molecule has 0 spiro atoms. The van der Waals surface area contributed by atoms with Crippen molar-refractivity contribution >= 4 is 27.3 Å². The molecular formula is C23H11F2N3OS. The molecule has 0 N–H and O–H groups in total. The summed E-state index contributed by atoms with van der Waals surface area (Å²) in [4.78, 5) is 17.8. The van der Waals surface area contributed by atoms with Crippen LogP contribution in [-0.2, 0) is 0 Å². The van der Waals surface area contributed by atoms with Gasteiger partial charge < -0.3 is 0 Å². The number of nitrogens with zero attached hydrogens (tertiary/aromatic N) is 3. The van der Waals surface area contributed by atoms with Crippen LogP contribution in [0, 0.1) is 11.6 Å². The summed E-state index contributed by atoms with van der Waals surface area (Å²) in [6.45, 7) is 0. The molecule has 2 heterocycles. The number of carbonyl (C=O) groups excluding carboxylic acids is 1. The standard InChI is InChI=1S/C23H11F2N3OS/c24-13-7-5-12(6-8-13)20-19-21(15-3-1-2-4-16(15)22(19)29)28(27-20)23-26-17-10-9-14(25)11-18(17)30-23/h1-11H. The number of thiazole rings is 1. The van der Waals surface area contributed by atoms with Crippen molar-refractivity contribution in [2.45, 2.75) is 0 Å². The van der Waals surface area contributed by atoms with Crippen molar-refractivity contribution in [2.75, 3.05) is 0 Å². The van der Waals surface area contributed by atoms with Crippen LogP contribution in [0.15, 0.2) is 66.7 Å². The molecule has 0 atom stereocenters. The molecule has 6 rings (SSSR count). The average Bonchev–Trinajstić information content (AvgIpc) is 3.42. The van der Waals surface area contributed by atoms with E-state index in [9.17, 15) is 13.6 Å². The highest BCUT2D eigenvalue weighted by Gasteiger charge is 2.35. The topological polar surface area (TPSA) is 47.8 Å². The fourth-order valence-corrected chi connectivity index (χ4v) is 4.78. The van der Waals surface area contributed by atoms with E-state index in [0.29, 0.717) is 43.4 Å². The Morgan fingerprint density at radius 2 is 1.60 bits per heavy atom. The Kier molecular flexibility index (Phi) is 3.52. The minimum Gasteiger partial charge on any atom is -0.288 e. The van der Waals surface area contributed by atoms with Crippen LogP contribution in [0.4, 0.5) is 8.78 Å². The predicted octanol–water partition coefficient (Wildman–Crippen LogP) is 5.64. The number of rotatable bonds is 2. The summed E-state index contributed by atoms with van der Waals surface area (Å²) in [5, 5.41) is 5.23. The molecule has 0 saturated heterocycles. The summed E-state index contributed by atoms with van der Waals surface area (Å²) in [6, 6.07) is 17.6. The van der Waals surface area contributed by atoms with Crippen LogP contribution in [0.3, 0.4) is 0 Å². The molecule has 0 bridgehead atoms. The van der Waals surface area contributed by atoms with Crippen LogP contribution in [0.25, 0.3) is 37.9 Å². The molecule has 4 nitrogen and oxygen atoms in total. The van der Waals surface area contributed by atoms with Crippen LogP contribution in [-0.4, -0.2) is 20.5 Å².